The lowest BCUT2D eigenvalue weighted by Crippen LogP contribution is -2.20. The van der Waals surface area contributed by atoms with Gasteiger partial charge in [0.2, 0.25) is 5.95 Å². The van der Waals surface area contributed by atoms with Crippen LogP contribution >= 0.6 is 0 Å². The molecule has 0 saturated carbocycles. The van der Waals surface area contributed by atoms with Crippen LogP contribution in [0.25, 0.3) is 0 Å². The highest BCUT2D eigenvalue weighted by molar-refractivity contribution is 5.26. The zero-order valence-corrected chi connectivity index (χ0v) is 11.6. The van der Waals surface area contributed by atoms with Crippen molar-refractivity contribution in [3.63, 3.8) is 0 Å². The van der Waals surface area contributed by atoms with Crippen LogP contribution in [0.4, 0.5) is 5.95 Å². The van der Waals surface area contributed by atoms with E-state index in [0.717, 1.165) is 12.5 Å². The molecule has 0 fully saturated rings. The maximum Gasteiger partial charge on any atom is 0.203 e. The number of nitrogens with zero attached hydrogens (tertiary/aromatic N) is 2. The molecule has 0 aromatic carbocycles. The summed E-state index contributed by atoms with van der Waals surface area (Å²) in [6.07, 6.45) is 3.82. The second-order valence-corrected chi connectivity index (χ2v) is 5.06. The lowest BCUT2D eigenvalue weighted by molar-refractivity contribution is 0.163. The average molecular weight is 239 g/mol. The van der Waals surface area contributed by atoms with Gasteiger partial charge in [0.1, 0.15) is 0 Å². The van der Waals surface area contributed by atoms with Crippen molar-refractivity contribution >= 4 is 5.95 Å². The molecule has 1 aromatic heterocycles. The van der Waals surface area contributed by atoms with Gasteiger partial charge in [-0.1, -0.05) is 20.8 Å². The monoisotopic (exact) mass is 239 g/mol. The second-order valence-electron chi connectivity index (χ2n) is 5.06. The summed E-state index contributed by atoms with van der Waals surface area (Å²) in [5, 5.41) is 3.41. The van der Waals surface area contributed by atoms with Gasteiger partial charge in [-0.25, -0.2) is 4.98 Å². The smallest absolute Gasteiger partial charge is 0.203 e. The molecule has 0 radical (unpaired) electrons. The number of hydrogen-bond donors (Lipinski definition) is 1. The standard InChI is InChI=1S/C13H25N3O/c1-10(2)11(3)8-15-13-14-6-7-16(13)12(4)9-17-5/h6-7,10-12H,8-9H2,1-5H3,(H,14,15). The minimum Gasteiger partial charge on any atom is -0.383 e. The van der Waals surface area contributed by atoms with Crippen LogP contribution in [0.2, 0.25) is 0 Å². The van der Waals surface area contributed by atoms with Gasteiger partial charge in [0.25, 0.3) is 0 Å². The van der Waals surface area contributed by atoms with Gasteiger partial charge >= 0.3 is 0 Å². The van der Waals surface area contributed by atoms with Crippen molar-refractivity contribution in [2.24, 2.45) is 11.8 Å². The van der Waals surface area contributed by atoms with Gasteiger partial charge in [-0.3, -0.25) is 0 Å². The van der Waals surface area contributed by atoms with Crippen molar-refractivity contribution in [2.75, 3.05) is 25.6 Å². The van der Waals surface area contributed by atoms with Gasteiger partial charge in [0.05, 0.1) is 12.6 Å². The Kier molecular flexibility index (Phi) is 5.48. The number of nitrogens with one attached hydrogen (secondary N) is 1. The van der Waals surface area contributed by atoms with E-state index >= 15 is 0 Å². The van der Waals surface area contributed by atoms with E-state index in [1.807, 2.05) is 12.4 Å². The van der Waals surface area contributed by atoms with Crippen molar-refractivity contribution in [3.8, 4) is 0 Å². The average Bonchev–Trinajstić information content (AvgIpc) is 2.74. The minimum atomic E-state index is 0.305. The molecule has 0 spiro atoms. The predicted octanol–water partition coefficient (Wildman–Crippen LogP) is 2.79. The summed E-state index contributed by atoms with van der Waals surface area (Å²) < 4.78 is 7.29. The van der Waals surface area contributed by atoms with Crippen molar-refractivity contribution in [2.45, 2.75) is 33.7 Å². The maximum absolute atomic E-state index is 5.17. The van der Waals surface area contributed by atoms with Crippen molar-refractivity contribution in [1.82, 2.24) is 9.55 Å². The highest BCUT2D eigenvalue weighted by Gasteiger charge is 2.11. The minimum absolute atomic E-state index is 0.305. The summed E-state index contributed by atoms with van der Waals surface area (Å²) in [6, 6.07) is 0.305. The van der Waals surface area contributed by atoms with Crippen molar-refractivity contribution in [3.05, 3.63) is 12.4 Å². The molecule has 1 heterocycles. The SMILES string of the molecule is COCC(C)n1ccnc1NCC(C)C(C)C. The van der Waals surface area contributed by atoms with Gasteiger partial charge < -0.3 is 14.6 Å². The van der Waals surface area contributed by atoms with Crippen LogP contribution in [0.3, 0.4) is 0 Å². The summed E-state index contributed by atoms with van der Waals surface area (Å²) >= 11 is 0. The van der Waals surface area contributed by atoms with E-state index in [9.17, 15) is 0 Å². The summed E-state index contributed by atoms with van der Waals surface area (Å²) in [6.45, 7) is 10.5. The Morgan fingerprint density at radius 1 is 1.35 bits per heavy atom. The Morgan fingerprint density at radius 3 is 2.65 bits per heavy atom. The summed E-state index contributed by atoms with van der Waals surface area (Å²) in [4.78, 5) is 4.35. The number of methoxy groups -OCH3 is 1. The first-order chi connectivity index (χ1) is 8.06. The van der Waals surface area contributed by atoms with Gasteiger partial charge in [-0.05, 0) is 18.8 Å². The molecule has 0 amide bonds. The fourth-order valence-electron chi connectivity index (χ4n) is 1.62. The number of hydrogen-bond acceptors (Lipinski definition) is 3. The number of imidazole rings is 1. The number of aromatic nitrogens is 2. The van der Waals surface area contributed by atoms with E-state index in [1.165, 1.54) is 0 Å². The van der Waals surface area contributed by atoms with Crippen LogP contribution in [0.5, 0.6) is 0 Å². The molecule has 0 aliphatic carbocycles. The zero-order valence-electron chi connectivity index (χ0n) is 11.6. The molecular formula is C13H25N3O. The molecule has 1 N–H and O–H groups in total. The first kappa shape index (κ1) is 14.0. The van der Waals surface area contributed by atoms with Gasteiger partial charge in [0.15, 0.2) is 0 Å². The normalized spacial score (nSPS) is 14.9. The molecule has 0 bridgehead atoms. The Bertz CT molecular complexity index is 322. The number of ether oxygens (including phenoxy) is 1. The fraction of sp³-hybridized carbons (Fsp3) is 0.769. The Labute approximate surface area is 104 Å². The molecule has 4 nitrogen and oxygen atoms in total. The van der Waals surface area contributed by atoms with E-state index < -0.39 is 0 Å². The third-order valence-electron chi connectivity index (χ3n) is 3.27. The van der Waals surface area contributed by atoms with Gasteiger partial charge in [-0.2, -0.15) is 0 Å². The van der Waals surface area contributed by atoms with Crippen LogP contribution in [-0.2, 0) is 4.74 Å². The second kappa shape index (κ2) is 6.64. The third-order valence-corrected chi connectivity index (χ3v) is 3.27. The Morgan fingerprint density at radius 2 is 2.06 bits per heavy atom. The van der Waals surface area contributed by atoms with Crippen LogP contribution < -0.4 is 5.32 Å². The van der Waals surface area contributed by atoms with Crippen LogP contribution in [0, 0.1) is 11.8 Å². The third kappa shape index (κ3) is 4.04. The zero-order chi connectivity index (χ0) is 12.8. The first-order valence-electron chi connectivity index (χ1n) is 6.31. The number of rotatable bonds is 7. The molecule has 0 aliphatic heterocycles. The lowest BCUT2D eigenvalue weighted by atomic mass is 9.98. The Hall–Kier alpha value is -1.03. The molecule has 2 unspecified atom stereocenters. The van der Waals surface area contributed by atoms with E-state index in [0.29, 0.717) is 24.5 Å². The molecule has 0 saturated heterocycles. The highest BCUT2D eigenvalue weighted by atomic mass is 16.5. The predicted molar refractivity (Wildman–Crippen MR) is 71.3 cm³/mol. The largest absolute Gasteiger partial charge is 0.383 e. The number of anilines is 1. The van der Waals surface area contributed by atoms with E-state index in [1.54, 1.807) is 7.11 Å². The van der Waals surface area contributed by atoms with Gasteiger partial charge in [0, 0.05) is 26.0 Å². The van der Waals surface area contributed by atoms with Crippen molar-refractivity contribution < 1.29 is 4.74 Å². The summed E-state index contributed by atoms with van der Waals surface area (Å²) in [5.41, 5.74) is 0. The first-order valence-corrected chi connectivity index (χ1v) is 6.31. The molecule has 17 heavy (non-hydrogen) atoms. The highest BCUT2D eigenvalue weighted by Crippen LogP contribution is 2.15. The van der Waals surface area contributed by atoms with E-state index in [4.69, 9.17) is 4.74 Å². The molecule has 1 aromatic rings. The summed E-state index contributed by atoms with van der Waals surface area (Å²) in [7, 11) is 1.72. The molecule has 0 aliphatic rings. The van der Waals surface area contributed by atoms with Crippen LogP contribution in [-0.4, -0.2) is 29.8 Å². The van der Waals surface area contributed by atoms with E-state index in [2.05, 4.69) is 42.6 Å². The Balaban J connectivity index is 2.57. The molecule has 1 rings (SSSR count). The topological polar surface area (TPSA) is 39.1 Å². The van der Waals surface area contributed by atoms with Gasteiger partial charge in [-0.15, -0.1) is 0 Å². The molecule has 4 heteroatoms. The quantitative estimate of drug-likeness (QED) is 0.795. The van der Waals surface area contributed by atoms with E-state index in [-0.39, 0.29) is 0 Å². The molecule has 2 atom stereocenters. The van der Waals surface area contributed by atoms with Crippen LogP contribution in [0.15, 0.2) is 12.4 Å². The fourth-order valence-corrected chi connectivity index (χ4v) is 1.62. The summed E-state index contributed by atoms with van der Waals surface area (Å²) in [5.74, 6) is 2.25. The van der Waals surface area contributed by atoms with Crippen molar-refractivity contribution in [1.29, 1.82) is 0 Å². The molecule has 98 valence electrons. The maximum atomic E-state index is 5.17. The van der Waals surface area contributed by atoms with Crippen LogP contribution in [0.1, 0.15) is 33.7 Å². The lowest BCUT2D eigenvalue weighted by Gasteiger charge is -2.19. The molecular weight excluding hydrogens is 214 g/mol.